The summed E-state index contributed by atoms with van der Waals surface area (Å²) in [5, 5.41) is 7.00. The molecule has 0 spiro atoms. The predicted octanol–water partition coefficient (Wildman–Crippen LogP) is 1.76. The van der Waals surface area contributed by atoms with Crippen LogP contribution in [0.4, 0.5) is 5.82 Å². The Morgan fingerprint density at radius 2 is 2.12 bits per heavy atom. The molecule has 0 aliphatic carbocycles. The highest BCUT2D eigenvalue weighted by Gasteiger charge is 2.34. The van der Waals surface area contributed by atoms with Crippen LogP contribution in [0.5, 0.6) is 0 Å². The van der Waals surface area contributed by atoms with Crippen LogP contribution >= 0.6 is 0 Å². The highest BCUT2D eigenvalue weighted by Crippen LogP contribution is 2.32. The normalized spacial score (nSPS) is 24.8. The van der Waals surface area contributed by atoms with Crippen LogP contribution in [0.15, 0.2) is 24.7 Å². The van der Waals surface area contributed by atoms with Crippen LogP contribution in [-0.4, -0.2) is 57.9 Å². The number of likely N-dealkylation sites (tertiary alicyclic amines) is 1. The Labute approximate surface area is 142 Å². The van der Waals surface area contributed by atoms with Crippen molar-refractivity contribution in [1.29, 1.82) is 0 Å². The van der Waals surface area contributed by atoms with Crippen LogP contribution in [0.3, 0.4) is 0 Å². The Morgan fingerprint density at radius 1 is 1.25 bits per heavy atom. The number of nitrogens with zero attached hydrogens (tertiary/aromatic N) is 5. The lowest BCUT2D eigenvalue weighted by molar-refractivity contribution is 0.107. The molecular weight excluding hydrogens is 304 g/mol. The van der Waals surface area contributed by atoms with Gasteiger partial charge in [0.25, 0.3) is 0 Å². The molecule has 2 saturated heterocycles. The van der Waals surface area contributed by atoms with Gasteiger partial charge in [0.05, 0.1) is 12.1 Å². The lowest BCUT2D eigenvalue weighted by Gasteiger charge is -2.22. The molecule has 2 aromatic rings. The lowest BCUT2D eigenvalue weighted by Crippen LogP contribution is -2.25. The van der Waals surface area contributed by atoms with E-state index < -0.39 is 0 Å². The molecule has 2 fully saturated rings. The number of nitrogens with one attached hydrogen (secondary N) is 1. The molecule has 24 heavy (non-hydrogen) atoms. The third-order valence-electron chi connectivity index (χ3n) is 5.07. The van der Waals surface area contributed by atoms with Crippen LogP contribution in [0.25, 0.3) is 0 Å². The molecule has 0 amide bonds. The van der Waals surface area contributed by atoms with Crippen molar-refractivity contribution in [2.24, 2.45) is 0 Å². The van der Waals surface area contributed by atoms with Crippen molar-refractivity contribution in [3.8, 4) is 0 Å². The minimum atomic E-state index is 0.218. The van der Waals surface area contributed by atoms with Crippen LogP contribution in [0.2, 0.25) is 0 Å². The largest absolute Gasteiger partial charge is 0.380 e. The smallest absolute Gasteiger partial charge is 0.141 e. The molecule has 128 valence electrons. The molecule has 7 heteroatoms. The van der Waals surface area contributed by atoms with Crippen molar-refractivity contribution in [1.82, 2.24) is 25.1 Å². The summed E-state index contributed by atoms with van der Waals surface area (Å²) in [6.07, 6.45) is 7.29. The van der Waals surface area contributed by atoms with Gasteiger partial charge in [-0.3, -0.25) is 10.00 Å². The van der Waals surface area contributed by atoms with E-state index in [1.54, 1.807) is 13.4 Å². The molecule has 4 heterocycles. The predicted molar refractivity (Wildman–Crippen MR) is 90.6 cm³/mol. The molecule has 0 saturated carbocycles. The first kappa shape index (κ1) is 15.5. The van der Waals surface area contributed by atoms with Gasteiger partial charge in [-0.1, -0.05) is 6.07 Å². The minimum absolute atomic E-state index is 0.218. The molecule has 2 aromatic heterocycles. The summed E-state index contributed by atoms with van der Waals surface area (Å²) in [7, 11) is 1.78. The van der Waals surface area contributed by atoms with Crippen LogP contribution in [-0.2, 0) is 11.3 Å². The molecule has 0 radical (unpaired) electrons. The number of anilines is 1. The van der Waals surface area contributed by atoms with Gasteiger partial charge in [-0.25, -0.2) is 9.97 Å². The average molecular weight is 328 g/mol. The summed E-state index contributed by atoms with van der Waals surface area (Å²) in [6, 6.07) is 4.56. The van der Waals surface area contributed by atoms with Crippen molar-refractivity contribution in [2.45, 2.75) is 38.0 Å². The number of aromatic nitrogens is 4. The molecule has 7 nitrogen and oxygen atoms in total. The zero-order chi connectivity index (χ0) is 16.4. The van der Waals surface area contributed by atoms with E-state index in [2.05, 4.69) is 42.1 Å². The number of pyridine rings is 1. The lowest BCUT2D eigenvalue weighted by atomic mass is 10.2. The van der Waals surface area contributed by atoms with Crippen molar-refractivity contribution in [3.63, 3.8) is 0 Å². The highest BCUT2D eigenvalue weighted by molar-refractivity contribution is 5.40. The molecular formula is C17H24N6O. The number of hydrogen-bond donors (Lipinski definition) is 1. The Morgan fingerprint density at radius 3 is 2.79 bits per heavy atom. The first-order valence-corrected chi connectivity index (χ1v) is 8.65. The SMILES string of the molecule is CO[C@@H]1C[C@@H](c2ncn[nH]2)N(Cc2ccc(N3CCCC3)nc2)C1. The maximum absolute atomic E-state index is 5.57. The Kier molecular flexibility index (Phi) is 4.44. The van der Waals surface area contributed by atoms with Gasteiger partial charge < -0.3 is 9.64 Å². The molecule has 4 rings (SSSR count). The first-order chi connectivity index (χ1) is 11.8. The molecule has 2 aliphatic heterocycles. The fourth-order valence-corrected chi connectivity index (χ4v) is 3.74. The average Bonchev–Trinajstić information content (AvgIpc) is 3.36. The van der Waals surface area contributed by atoms with E-state index in [1.807, 2.05) is 6.20 Å². The van der Waals surface area contributed by atoms with Gasteiger partial charge in [-0.2, -0.15) is 5.10 Å². The Balaban J connectivity index is 1.46. The van der Waals surface area contributed by atoms with Crippen LogP contribution in [0, 0.1) is 0 Å². The van der Waals surface area contributed by atoms with Crippen molar-refractivity contribution >= 4 is 5.82 Å². The summed E-state index contributed by atoms with van der Waals surface area (Å²) in [5.41, 5.74) is 1.22. The summed E-state index contributed by atoms with van der Waals surface area (Å²) in [6.45, 7) is 4.00. The monoisotopic (exact) mass is 328 g/mol. The van der Waals surface area contributed by atoms with Crippen LogP contribution in [0.1, 0.15) is 36.7 Å². The third-order valence-corrected chi connectivity index (χ3v) is 5.07. The van der Waals surface area contributed by atoms with E-state index in [-0.39, 0.29) is 12.1 Å². The standard InChI is InChI=1S/C17H24N6O/c1-24-14-8-15(17-19-12-20-21-17)23(11-14)10-13-4-5-16(18-9-13)22-6-2-3-7-22/h4-5,9,12,14-15H,2-3,6-8,10-11H2,1H3,(H,19,20,21)/t14-,15+/m1/s1. The van der Waals surface area contributed by atoms with Gasteiger partial charge in [-0.05, 0) is 30.9 Å². The van der Waals surface area contributed by atoms with E-state index in [0.717, 1.165) is 44.2 Å². The van der Waals surface area contributed by atoms with Crippen molar-refractivity contribution < 1.29 is 4.74 Å². The van der Waals surface area contributed by atoms with E-state index >= 15 is 0 Å². The van der Waals surface area contributed by atoms with Gasteiger partial charge >= 0.3 is 0 Å². The summed E-state index contributed by atoms with van der Waals surface area (Å²) in [4.78, 5) is 13.8. The number of hydrogen-bond acceptors (Lipinski definition) is 6. The number of H-pyrrole nitrogens is 1. The fourth-order valence-electron chi connectivity index (χ4n) is 3.74. The third kappa shape index (κ3) is 3.14. The Bertz CT molecular complexity index is 638. The maximum atomic E-state index is 5.57. The summed E-state index contributed by atoms with van der Waals surface area (Å²) in [5.74, 6) is 2.01. The van der Waals surface area contributed by atoms with E-state index in [1.165, 1.54) is 18.4 Å². The topological polar surface area (TPSA) is 70.2 Å². The van der Waals surface area contributed by atoms with E-state index in [0.29, 0.717) is 0 Å². The fraction of sp³-hybridized carbons (Fsp3) is 0.588. The second-order valence-corrected chi connectivity index (χ2v) is 6.63. The van der Waals surface area contributed by atoms with Gasteiger partial charge in [-0.15, -0.1) is 0 Å². The molecule has 1 N–H and O–H groups in total. The van der Waals surface area contributed by atoms with Crippen molar-refractivity contribution in [2.75, 3.05) is 31.6 Å². The molecule has 0 unspecified atom stereocenters. The molecule has 0 bridgehead atoms. The summed E-state index contributed by atoms with van der Waals surface area (Å²) < 4.78 is 5.57. The van der Waals surface area contributed by atoms with Gasteiger partial charge in [0, 0.05) is 39.5 Å². The minimum Gasteiger partial charge on any atom is -0.380 e. The van der Waals surface area contributed by atoms with Crippen molar-refractivity contribution in [3.05, 3.63) is 36.0 Å². The van der Waals surface area contributed by atoms with Gasteiger partial charge in [0.2, 0.25) is 0 Å². The van der Waals surface area contributed by atoms with Gasteiger partial charge in [0.15, 0.2) is 0 Å². The van der Waals surface area contributed by atoms with E-state index in [4.69, 9.17) is 4.74 Å². The van der Waals surface area contributed by atoms with Gasteiger partial charge in [0.1, 0.15) is 18.0 Å². The maximum Gasteiger partial charge on any atom is 0.141 e. The molecule has 2 atom stereocenters. The zero-order valence-electron chi connectivity index (χ0n) is 14.1. The molecule has 2 aliphatic rings. The first-order valence-electron chi connectivity index (χ1n) is 8.65. The zero-order valence-corrected chi connectivity index (χ0v) is 14.1. The number of ether oxygens (including phenoxy) is 1. The van der Waals surface area contributed by atoms with E-state index in [9.17, 15) is 0 Å². The number of rotatable bonds is 5. The Hall–Kier alpha value is -1.99. The second-order valence-electron chi connectivity index (χ2n) is 6.63. The van der Waals surface area contributed by atoms with Crippen LogP contribution < -0.4 is 4.90 Å². The molecule has 0 aromatic carbocycles. The quantitative estimate of drug-likeness (QED) is 0.902. The second kappa shape index (κ2) is 6.86. The summed E-state index contributed by atoms with van der Waals surface area (Å²) >= 11 is 0. The number of methoxy groups -OCH3 is 1. The number of aromatic amines is 1. The highest BCUT2D eigenvalue weighted by atomic mass is 16.5.